The number of anilines is 1. The predicted molar refractivity (Wildman–Crippen MR) is 80.1 cm³/mol. The van der Waals surface area contributed by atoms with Crippen molar-refractivity contribution in [1.82, 2.24) is 0 Å². The van der Waals surface area contributed by atoms with Crippen molar-refractivity contribution in [3.8, 4) is 5.75 Å². The van der Waals surface area contributed by atoms with Crippen LogP contribution in [0.3, 0.4) is 0 Å². The predicted octanol–water partition coefficient (Wildman–Crippen LogP) is 2.30. The maximum absolute atomic E-state index is 11.5. The summed E-state index contributed by atoms with van der Waals surface area (Å²) in [5.41, 5.74) is 6.48. The van der Waals surface area contributed by atoms with Crippen LogP contribution in [0.5, 0.6) is 5.75 Å². The van der Waals surface area contributed by atoms with Gasteiger partial charge in [-0.3, -0.25) is 4.79 Å². The van der Waals surface area contributed by atoms with Crippen molar-refractivity contribution in [1.29, 1.82) is 0 Å². The van der Waals surface area contributed by atoms with E-state index in [1.54, 1.807) is 0 Å². The molecule has 0 bridgehead atoms. The topological polar surface area (TPSA) is 55.6 Å². The van der Waals surface area contributed by atoms with E-state index in [0.717, 1.165) is 35.2 Å². The van der Waals surface area contributed by atoms with E-state index in [2.05, 4.69) is 24.0 Å². The quantitative estimate of drug-likeness (QED) is 0.931. The molecule has 2 aromatic carbocycles. The van der Waals surface area contributed by atoms with Crippen LogP contribution < -0.4 is 15.4 Å². The van der Waals surface area contributed by atoms with Crippen LogP contribution in [0.15, 0.2) is 36.4 Å². The number of rotatable bonds is 3. The van der Waals surface area contributed by atoms with E-state index in [0.29, 0.717) is 6.54 Å². The molecular formula is C16H18N2O2. The monoisotopic (exact) mass is 270 g/mol. The molecule has 1 aliphatic rings. The number of ether oxygens (including phenoxy) is 1. The molecule has 0 aliphatic carbocycles. The lowest BCUT2D eigenvalue weighted by Crippen LogP contribution is -2.47. The second-order valence-corrected chi connectivity index (χ2v) is 5.09. The summed E-state index contributed by atoms with van der Waals surface area (Å²) in [5.74, 6) is 0.358. The van der Waals surface area contributed by atoms with E-state index in [1.165, 1.54) is 0 Å². The number of nitrogens with zero attached hydrogens (tertiary/aromatic N) is 1. The molecule has 0 spiro atoms. The Morgan fingerprint density at radius 3 is 2.90 bits per heavy atom. The van der Waals surface area contributed by atoms with Gasteiger partial charge in [-0.1, -0.05) is 37.3 Å². The lowest BCUT2D eigenvalue weighted by Gasteiger charge is -2.35. The number of hydrogen-bond donors (Lipinski definition) is 1. The number of hydrogen-bond acceptors (Lipinski definition) is 3. The number of carbonyl (C=O) groups excluding carboxylic acids is 1. The standard InChI is InChI=1S/C16H18N2O2/c1-2-9-18-10-14(16(17)19)20-15-12-6-4-3-5-11(12)7-8-13(15)18/h3-8,14H,2,9-10H2,1H3,(H2,17,19). The van der Waals surface area contributed by atoms with Crippen LogP contribution in [0.4, 0.5) is 5.69 Å². The van der Waals surface area contributed by atoms with Gasteiger partial charge < -0.3 is 15.4 Å². The summed E-state index contributed by atoms with van der Waals surface area (Å²) in [7, 11) is 0. The number of carbonyl (C=O) groups is 1. The van der Waals surface area contributed by atoms with Gasteiger partial charge in [0.2, 0.25) is 0 Å². The van der Waals surface area contributed by atoms with Crippen LogP contribution in [-0.4, -0.2) is 25.1 Å². The number of nitrogens with two attached hydrogens (primary N) is 1. The van der Waals surface area contributed by atoms with Gasteiger partial charge in [0.05, 0.1) is 12.2 Å². The Morgan fingerprint density at radius 2 is 2.15 bits per heavy atom. The summed E-state index contributed by atoms with van der Waals surface area (Å²) in [4.78, 5) is 13.7. The molecule has 1 unspecified atom stereocenters. The number of primary amides is 1. The first kappa shape index (κ1) is 12.8. The third kappa shape index (κ3) is 2.07. The van der Waals surface area contributed by atoms with E-state index >= 15 is 0 Å². The van der Waals surface area contributed by atoms with Gasteiger partial charge in [0.25, 0.3) is 5.91 Å². The summed E-state index contributed by atoms with van der Waals surface area (Å²) in [5, 5.41) is 2.13. The van der Waals surface area contributed by atoms with Gasteiger partial charge in [-0.15, -0.1) is 0 Å². The third-order valence-electron chi connectivity index (χ3n) is 3.66. The van der Waals surface area contributed by atoms with E-state index in [-0.39, 0.29) is 0 Å². The molecule has 1 aliphatic heterocycles. The zero-order chi connectivity index (χ0) is 14.1. The smallest absolute Gasteiger partial charge is 0.260 e. The lowest BCUT2D eigenvalue weighted by molar-refractivity contribution is -0.124. The molecule has 1 heterocycles. The average Bonchev–Trinajstić information content (AvgIpc) is 2.47. The first-order valence-electron chi connectivity index (χ1n) is 6.93. The number of fused-ring (bicyclic) bond motifs is 3. The van der Waals surface area contributed by atoms with Crippen LogP contribution in [-0.2, 0) is 4.79 Å². The number of benzene rings is 2. The second kappa shape index (κ2) is 5.04. The highest BCUT2D eigenvalue weighted by molar-refractivity contribution is 5.95. The molecule has 0 radical (unpaired) electrons. The van der Waals surface area contributed by atoms with Gasteiger partial charge in [0.15, 0.2) is 11.9 Å². The first-order valence-corrected chi connectivity index (χ1v) is 6.93. The maximum atomic E-state index is 11.5. The molecule has 0 fully saturated rings. The van der Waals surface area contributed by atoms with Crippen LogP contribution >= 0.6 is 0 Å². The van der Waals surface area contributed by atoms with Crippen molar-refractivity contribution >= 4 is 22.4 Å². The summed E-state index contributed by atoms with van der Waals surface area (Å²) in [6.07, 6.45) is 0.428. The van der Waals surface area contributed by atoms with Crippen LogP contribution in [0, 0.1) is 0 Å². The largest absolute Gasteiger partial charge is 0.476 e. The number of amides is 1. The fraction of sp³-hybridized carbons (Fsp3) is 0.312. The van der Waals surface area contributed by atoms with E-state index < -0.39 is 12.0 Å². The molecule has 3 rings (SSSR count). The van der Waals surface area contributed by atoms with Crippen LogP contribution in [0.1, 0.15) is 13.3 Å². The Labute approximate surface area is 118 Å². The van der Waals surface area contributed by atoms with E-state index in [1.807, 2.05) is 24.3 Å². The molecule has 0 saturated heterocycles. The Bertz CT molecular complexity index is 654. The Hall–Kier alpha value is -2.23. The van der Waals surface area contributed by atoms with Crippen molar-refractivity contribution in [3.05, 3.63) is 36.4 Å². The summed E-state index contributed by atoms with van der Waals surface area (Å²) in [6, 6.07) is 12.2. The first-order chi connectivity index (χ1) is 9.70. The summed E-state index contributed by atoms with van der Waals surface area (Å²) in [6.45, 7) is 3.53. The van der Waals surface area contributed by atoms with Crippen molar-refractivity contribution in [2.24, 2.45) is 5.73 Å². The zero-order valence-electron chi connectivity index (χ0n) is 11.5. The van der Waals surface area contributed by atoms with Crippen molar-refractivity contribution < 1.29 is 9.53 Å². The van der Waals surface area contributed by atoms with Gasteiger partial charge >= 0.3 is 0 Å². The fourth-order valence-electron chi connectivity index (χ4n) is 2.71. The SMILES string of the molecule is CCCN1CC(C(N)=O)Oc2c1ccc1ccccc21. The molecule has 0 aromatic heterocycles. The van der Waals surface area contributed by atoms with Crippen molar-refractivity contribution in [2.45, 2.75) is 19.4 Å². The molecule has 1 atom stereocenters. The molecule has 2 N–H and O–H groups in total. The van der Waals surface area contributed by atoms with Crippen molar-refractivity contribution in [3.63, 3.8) is 0 Å². The van der Waals surface area contributed by atoms with Gasteiger partial charge in [0.1, 0.15) is 0 Å². The molecule has 104 valence electrons. The molecule has 4 nitrogen and oxygen atoms in total. The molecule has 2 aromatic rings. The highest BCUT2D eigenvalue weighted by atomic mass is 16.5. The van der Waals surface area contributed by atoms with Gasteiger partial charge in [-0.2, -0.15) is 0 Å². The van der Waals surface area contributed by atoms with E-state index in [4.69, 9.17) is 10.5 Å². The Balaban J connectivity index is 2.14. The highest BCUT2D eigenvalue weighted by Gasteiger charge is 2.29. The Kier molecular flexibility index (Phi) is 3.22. The summed E-state index contributed by atoms with van der Waals surface area (Å²) < 4.78 is 5.87. The lowest BCUT2D eigenvalue weighted by atomic mass is 10.1. The average molecular weight is 270 g/mol. The van der Waals surface area contributed by atoms with Gasteiger partial charge in [0, 0.05) is 11.9 Å². The fourth-order valence-corrected chi connectivity index (χ4v) is 2.71. The molecule has 4 heteroatoms. The highest BCUT2D eigenvalue weighted by Crippen LogP contribution is 2.39. The van der Waals surface area contributed by atoms with Crippen molar-refractivity contribution in [2.75, 3.05) is 18.0 Å². The van der Waals surface area contributed by atoms with E-state index in [9.17, 15) is 4.79 Å². The molecular weight excluding hydrogens is 252 g/mol. The normalized spacial score (nSPS) is 17.6. The molecule has 0 saturated carbocycles. The Morgan fingerprint density at radius 1 is 1.35 bits per heavy atom. The van der Waals surface area contributed by atoms with Gasteiger partial charge in [-0.25, -0.2) is 0 Å². The minimum Gasteiger partial charge on any atom is -0.476 e. The summed E-state index contributed by atoms with van der Waals surface area (Å²) >= 11 is 0. The second-order valence-electron chi connectivity index (χ2n) is 5.09. The molecule has 1 amide bonds. The van der Waals surface area contributed by atoms with Gasteiger partial charge in [-0.05, 0) is 17.9 Å². The van der Waals surface area contributed by atoms with Crippen LogP contribution in [0.2, 0.25) is 0 Å². The van der Waals surface area contributed by atoms with Crippen LogP contribution in [0.25, 0.3) is 10.8 Å². The minimum absolute atomic E-state index is 0.412. The zero-order valence-corrected chi connectivity index (χ0v) is 11.5. The molecule has 20 heavy (non-hydrogen) atoms. The maximum Gasteiger partial charge on any atom is 0.260 e. The third-order valence-corrected chi connectivity index (χ3v) is 3.66. The minimum atomic E-state index is -0.583.